The monoisotopic (exact) mass is 612 g/mol. The van der Waals surface area contributed by atoms with E-state index in [0.717, 1.165) is 11.8 Å². The fourth-order valence-electron chi connectivity index (χ4n) is 4.33. The normalized spacial score (nSPS) is 15.1. The highest BCUT2D eigenvalue weighted by Gasteiger charge is 2.33. The van der Waals surface area contributed by atoms with E-state index < -0.39 is 52.0 Å². The second-order valence-corrected chi connectivity index (χ2v) is 11.9. The number of rotatable bonds is 12. The molecule has 42 heavy (non-hydrogen) atoms. The van der Waals surface area contributed by atoms with E-state index in [2.05, 4.69) is 15.7 Å². The summed E-state index contributed by atoms with van der Waals surface area (Å²) in [4.78, 5) is 25.6. The summed E-state index contributed by atoms with van der Waals surface area (Å²) in [5.74, 6) is -2.18. The van der Waals surface area contributed by atoms with Crippen LogP contribution in [-0.2, 0) is 34.0 Å². The van der Waals surface area contributed by atoms with Gasteiger partial charge in [-0.25, -0.2) is 17.5 Å². The van der Waals surface area contributed by atoms with Crippen molar-refractivity contribution in [2.75, 3.05) is 30.5 Å². The molecule has 1 aliphatic heterocycles. The number of anilines is 1. The first-order valence-corrected chi connectivity index (χ1v) is 14.9. The summed E-state index contributed by atoms with van der Waals surface area (Å²) in [5.41, 5.74) is 1.29. The number of halogens is 4. The number of hydrogen-bond donors (Lipinski definition) is 2. The van der Waals surface area contributed by atoms with Crippen LogP contribution in [0.3, 0.4) is 0 Å². The lowest BCUT2D eigenvalue weighted by Gasteiger charge is -2.23. The van der Waals surface area contributed by atoms with Gasteiger partial charge in [-0.2, -0.15) is 18.3 Å². The quantitative estimate of drug-likeness (QED) is 0.301. The highest BCUT2D eigenvalue weighted by Crippen LogP contribution is 2.27. The van der Waals surface area contributed by atoms with Gasteiger partial charge in [0.05, 0.1) is 12.3 Å². The Bertz CT molecular complexity index is 1540. The maximum atomic E-state index is 13.3. The highest BCUT2D eigenvalue weighted by molar-refractivity contribution is 7.91. The van der Waals surface area contributed by atoms with Crippen molar-refractivity contribution >= 4 is 27.5 Å². The molecule has 4 rings (SSSR count). The molecule has 1 aromatic heterocycles. The van der Waals surface area contributed by atoms with E-state index >= 15 is 0 Å². The number of aromatic nitrogens is 2. The fourth-order valence-corrected chi connectivity index (χ4v) is 4.88. The van der Waals surface area contributed by atoms with Crippen LogP contribution in [0.1, 0.15) is 28.0 Å². The van der Waals surface area contributed by atoms with E-state index in [9.17, 15) is 35.6 Å². The number of nitrogens with zero attached hydrogens (tertiary/aromatic N) is 2. The Balaban J connectivity index is 1.44. The van der Waals surface area contributed by atoms with Crippen molar-refractivity contribution in [1.82, 2.24) is 15.1 Å². The van der Waals surface area contributed by atoms with Crippen LogP contribution in [0.5, 0.6) is 11.5 Å². The van der Waals surface area contributed by atoms with Crippen LogP contribution in [0.4, 0.5) is 23.4 Å². The fraction of sp³-hybridized carbons (Fsp3) is 0.370. The summed E-state index contributed by atoms with van der Waals surface area (Å²) in [6.45, 7) is -1.10. The van der Waals surface area contributed by atoms with Crippen LogP contribution in [-0.4, -0.2) is 67.5 Å². The maximum absolute atomic E-state index is 13.3. The Morgan fingerprint density at radius 1 is 1.14 bits per heavy atom. The van der Waals surface area contributed by atoms with Gasteiger partial charge in [-0.1, -0.05) is 18.2 Å². The summed E-state index contributed by atoms with van der Waals surface area (Å²) in [6.07, 6.45) is -2.56. The number of hydrogen-bond acceptors (Lipinski definition) is 7. The second-order valence-electron chi connectivity index (χ2n) is 9.78. The van der Waals surface area contributed by atoms with Gasteiger partial charge in [-0.05, 0) is 36.2 Å². The Labute approximate surface area is 238 Å². The third kappa shape index (κ3) is 8.93. The zero-order valence-electron chi connectivity index (χ0n) is 22.4. The summed E-state index contributed by atoms with van der Waals surface area (Å²) < 4.78 is 85.6. The van der Waals surface area contributed by atoms with Crippen LogP contribution in [0.15, 0.2) is 48.5 Å². The molecular formula is C27H28F4N4O6S. The van der Waals surface area contributed by atoms with Crippen LogP contribution < -0.4 is 20.1 Å². The average Bonchev–Trinajstić information content (AvgIpc) is 3.23. The van der Waals surface area contributed by atoms with Crippen molar-refractivity contribution in [3.8, 4) is 11.5 Å². The van der Waals surface area contributed by atoms with Crippen molar-refractivity contribution in [1.29, 1.82) is 0 Å². The molecule has 2 heterocycles. The molecule has 1 aliphatic rings. The van der Waals surface area contributed by atoms with E-state index in [1.54, 1.807) is 18.2 Å². The Kier molecular flexibility index (Phi) is 9.39. The van der Waals surface area contributed by atoms with Gasteiger partial charge in [0, 0.05) is 37.8 Å². The molecule has 0 unspecified atom stereocenters. The van der Waals surface area contributed by atoms with E-state index in [4.69, 9.17) is 9.47 Å². The minimum atomic E-state index is -4.47. The van der Waals surface area contributed by atoms with Crippen LogP contribution in [0, 0.1) is 5.82 Å². The highest BCUT2D eigenvalue weighted by atomic mass is 32.2. The van der Waals surface area contributed by atoms with Crippen LogP contribution in [0.2, 0.25) is 0 Å². The molecule has 0 saturated carbocycles. The third-order valence-corrected chi connectivity index (χ3v) is 6.93. The molecule has 1 atom stereocenters. The molecule has 15 heteroatoms. The van der Waals surface area contributed by atoms with Crippen LogP contribution >= 0.6 is 0 Å². The van der Waals surface area contributed by atoms with E-state index in [-0.39, 0.29) is 36.7 Å². The molecule has 0 aliphatic carbocycles. The third-order valence-electron chi connectivity index (χ3n) is 6.15. The van der Waals surface area contributed by atoms with Gasteiger partial charge < -0.3 is 20.1 Å². The number of nitrogens with one attached hydrogen (secondary N) is 2. The zero-order valence-corrected chi connectivity index (χ0v) is 23.2. The van der Waals surface area contributed by atoms with Gasteiger partial charge in [-0.3, -0.25) is 9.59 Å². The molecule has 0 bridgehead atoms. The summed E-state index contributed by atoms with van der Waals surface area (Å²) >= 11 is 0. The summed E-state index contributed by atoms with van der Waals surface area (Å²) in [7, 11) is -3.64. The molecule has 2 N–H and O–H groups in total. The van der Waals surface area contributed by atoms with Gasteiger partial charge >= 0.3 is 6.18 Å². The number of benzene rings is 2. The molecule has 3 aromatic rings. The van der Waals surface area contributed by atoms with Crippen molar-refractivity contribution in [2.24, 2.45) is 0 Å². The van der Waals surface area contributed by atoms with Crippen molar-refractivity contribution in [2.45, 2.75) is 38.0 Å². The summed E-state index contributed by atoms with van der Waals surface area (Å²) in [5, 5.41) is 9.86. The SMILES string of the molecule is CS(=O)(=O)CC(=O)Nc1c2c(nn1CCc1ccc(F)cc1)C[C@H](CCOc1cccc(OCC(F)(F)F)c1)NC2=O. The number of ether oxygens (including phenoxy) is 2. The predicted octanol–water partition coefficient (Wildman–Crippen LogP) is 3.31. The number of sulfone groups is 1. The summed E-state index contributed by atoms with van der Waals surface area (Å²) in [6, 6.07) is 11.2. The molecule has 0 fully saturated rings. The zero-order chi connectivity index (χ0) is 30.5. The molecule has 0 radical (unpaired) electrons. The van der Waals surface area contributed by atoms with Gasteiger partial charge in [0.25, 0.3) is 5.91 Å². The maximum Gasteiger partial charge on any atom is 0.422 e. The average molecular weight is 613 g/mol. The number of aryl methyl sites for hydroxylation is 2. The topological polar surface area (TPSA) is 129 Å². The van der Waals surface area contributed by atoms with Crippen LogP contribution in [0.25, 0.3) is 0 Å². The molecule has 0 spiro atoms. The number of amides is 2. The lowest BCUT2D eigenvalue weighted by atomic mass is 9.99. The first kappa shape index (κ1) is 30.8. The molecule has 10 nitrogen and oxygen atoms in total. The van der Waals surface area contributed by atoms with Crippen molar-refractivity contribution in [3.05, 3.63) is 71.2 Å². The molecule has 2 aromatic carbocycles. The lowest BCUT2D eigenvalue weighted by Crippen LogP contribution is -2.42. The van der Waals surface area contributed by atoms with Gasteiger partial charge in [-0.15, -0.1) is 0 Å². The van der Waals surface area contributed by atoms with E-state index in [0.29, 0.717) is 24.3 Å². The Morgan fingerprint density at radius 3 is 2.50 bits per heavy atom. The molecular weight excluding hydrogens is 584 g/mol. The Morgan fingerprint density at radius 2 is 1.83 bits per heavy atom. The standard InChI is InChI=1S/C27H28F4N4O6S/c1-42(38,39)15-23(36)33-25-24-22(34-35(25)11-9-17-5-7-18(28)8-6-17)13-19(32-26(24)37)10-12-40-20-3-2-4-21(14-20)41-16-27(29,30)31/h2-8,14,19H,9-13,15-16H2,1H3,(H,32,37)(H,33,36)/t19-/m0/s1. The number of alkyl halides is 3. The first-order chi connectivity index (χ1) is 19.8. The molecule has 226 valence electrons. The molecule has 2 amide bonds. The van der Waals surface area contributed by atoms with Gasteiger partial charge in [0.15, 0.2) is 16.4 Å². The van der Waals surface area contributed by atoms with Crippen molar-refractivity contribution < 1.29 is 45.0 Å². The number of fused-ring (bicyclic) bond motifs is 1. The lowest BCUT2D eigenvalue weighted by molar-refractivity contribution is -0.153. The largest absolute Gasteiger partial charge is 0.493 e. The van der Waals surface area contributed by atoms with Gasteiger partial charge in [0.1, 0.15) is 34.5 Å². The Hall–Kier alpha value is -4.14. The minimum absolute atomic E-state index is 0.00272. The number of carbonyl (C=O) groups is 2. The smallest absolute Gasteiger partial charge is 0.422 e. The van der Waals surface area contributed by atoms with Gasteiger partial charge in [0.2, 0.25) is 5.91 Å². The van der Waals surface area contributed by atoms with E-state index in [1.165, 1.54) is 35.0 Å². The minimum Gasteiger partial charge on any atom is -0.493 e. The second kappa shape index (κ2) is 12.8. The number of carbonyl (C=O) groups excluding carboxylic acids is 2. The van der Waals surface area contributed by atoms with Crippen molar-refractivity contribution in [3.63, 3.8) is 0 Å². The molecule has 0 saturated heterocycles. The van der Waals surface area contributed by atoms with E-state index in [1.807, 2.05) is 0 Å². The predicted molar refractivity (Wildman–Crippen MR) is 144 cm³/mol. The first-order valence-electron chi connectivity index (χ1n) is 12.8.